The molecule has 0 saturated heterocycles. The molecule has 2 aromatic carbocycles. The molecule has 0 aliphatic heterocycles. The van der Waals surface area contributed by atoms with E-state index in [9.17, 15) is 9.18 Å². The molecule has 0 radical (unpaired) electrons. The molecule has 0 spiro atoms. The van der Waals surface area contributed by atoms with E-state index >= 15 is 0 Å². The normalized spacial score (nSPS) is 12.6. The minimum atomic E-state index is -0.601. The third-order valence-corrected chi connectivity index (χ3v) is 3.35. The van der Waals surface area contributed by atoms with Crippen molar-refractivity contribution in [2.45, 2.75) is 25.5 Å². The fourth-order valence-corrected chi connectivity index (χ4v) is 2.12. The lowest BCUT2D eigenvalue weighted by Gasteiger charge is -2.17. The summed E-state index contributed by atoms with van der Waals surface area (Å²) in [5, 5.41) is 2.77. The van der Waals surface area contributed by atoms with Gasteiger partial charge in [-0.3, -0.25) is 4.79 Å². The molecule has 2 aromatic rings. The van der Waals surface area contributed by atoms with E-state index in [1.54, 1.807) is 12.1 Å². The number of hydrogen-bond acceptors (Lipinski definition) is 3. The zero-order chi connectivity index (χ0) is 16.7. The second-order valence-electron chi connectivity index (χ2n) is 5.42. The largest absolute Gasteiger partial charge is 0.489 e. The van der Waals surface area contributed by atoms with E-state index in [4.69, 9.17) is 10.5 Å². The van der Waals surface area contributed by atoms with Crippen LogP contribution in [0, 0.1) is 5.82 Å². The van der Waals surface area contributed by atoms with Crippen LogP contribution in [0.5, 0.6) is 5.75 Å². The number of halogens is 2. The second kappa shape index (κ2) is 9.90. The van der Waals surface area contributed by atoms with Crippen LogP contribution in [0.1, 0.15) is 12.5 Å². The van der Waals surface area contributed by atoms with Crippen LogP contribution in [0.2, 0.25) is 0 Å². The fraction of sp³-hybridized carbons (Fsp3) is 0.278. The summed E-state index contributed by atoms with van der Waals surface area (Å²) >= 11 is 0. The third-order valence-electron chi connectivity index (χ3n) is 3.35. The van der Waals surface area contributed by atoms with Crippen molar-refractivity contribution in [2.24, 2.45) is 5.73 Å². The van der Waals surface area contributed by atoms with Gasteiger partial charge in [0.2, 0.25) is 5.91 Å². The van der Waals surface area contributed by atoms with E-state index in [1.165, 1.54) is 12.1 Å². The minimum absolute atomic E-state index is 0. The molecule has 0 aliphatic carbocycles. The van der Waals surface area contributed by atoms with Crippen LogP contribution in [0.3, 0.4) is 0 Å². The highest BCUT2D eigenvalue weighted by Crippen LogP contribution is 2.12. The van der Waals surface area contributed by atoms with Crippen molar-refractivity contribution in [3.8, 4) is 5.75 Å². The standard InChI is InChI=1S/C18H21FN2O2.ClH/c1-13(23-16-9-7-15(19)8-10-16)12-21-18(22)17(20)11-14-5-3-2-4-6-14;/h2-10,13,17H,11-12,20H2,1H3,(H,21,22);1H/t13?,17-;/m0./s1. The van der Waals surface area contributed by atoms with Crippen molar-refractivity contribution in [2.75, 3.05) is 6.54 Å². The molecular formula is C18H22ClFN2O2. The summed E-state index contributed by atoms with van der Waals surface area (Å²) in [6.07, 6.45) is 0.244. The fourth-order valence-electron chi connectivity index (χ4n) is 2.12. The number of ether oxygens (including phenoxy) is 1. The highest BCUT2D eigenvalue weighted by atomic mass is 35.5. The number of nitrogens with two attached hydrogens (primary N) is 1. The van der Waals surface area contributed by atoms with Gasteiger partial charge in [-0.1, -0.05) is 30.3 Å². The van der Waals surface area contributed by atoms with Crippen LogP contribution in [-0.2, 0) is 11.2 Å². The van der Waals surface area contributed by atoms with Gasteiger partial charge in [0.25, 0.3) is 0 Å². The smallest absolute Gasteiger partial charge is 0.237 e. The molecule has 130 valence electrons. The first-order valence-corrected chi connectivity index (χ1v) is 7.54. The van der Waals surface area contributed by atoms with Gasteiger partial charge in [-0.15, -0.1) is 12.4 Å². The Morgan fingerprint density at radius 2 is 1.79 bits per heavy atom. The predicted molar refractivity (Wildman–Crippen MR) is 94.9 cm³/mol. The van der Waals surface area contributed by atoms with Crippen LogP contribution in [0.15, 0.2) is 54.6 Å². The van der Waals surface area contributed by atoms with Crippen molar-refractivity contribution in [1.82, 2.24) is 5.32 Å². The van der Waals surface area contributed by atoms with Gasteiger partial charge in [0, 0.05) is 0 Å². The molecule has 0 aromatic heterocycles. The van der Waals surface area contributed by atoms with Crippen LogP contribution >= 0.6 is 12.4 Å². The Kier molecular flexibility index (Phi) is 8.22. The topological polar surface area (TPSA) is 64.4 Å². The summed E-state index contributed by atoms with van der Waals surface area (Å²) in [7, 11) is 0. The molecular weight excluding hydrogens is 331 g/mol. The van der Waals surface area contributed by atoms with E-state index in [0.29, 0.717) is 18.7 Å². The summed E-state index contributed by atoms with van der Waals surface area (Å²) in [6.45, 7) is 2.16. The summed E-state index contributed by atoms with van der Waals surface area (Å²) in [4.78, 5) is 12.0. The number of benzene rings is 2. The number of amides is 1. The zero-order valence-electron chi connectivity index (χ0n) is 13.4. The molecule has 3 N–H and O–H groups in total. The van der Waals surface area contributed by atoms with Gasteiger partial charge in [-0.25, -0.2) is 4.39 Å². The number of carbonyl (C=O) groups excluding carboxylic acids is 1. The average Bonchev–Trinajstić information content (AvgIpc) is 2.55. The molecule has 1 amide bonds. The quantitative estimate of drug-likeness (QED) is 0.805. The summed E-state index contributed by atoms with van der Waals surface area (Å²) < 4.78 is 18.4. The van der Waals surface area contributed by atoms with E-state index in [0.717, 1.165) is 5.56 Å². The van der Waals surface area contributed by atoms with Crippen molar-refractivity contribution >= 4 is 18.3 Å². The molecule has 2 rings (SSSR count). The molecule has 0 fully saturated rings. The maximum absolute atomic E-state index is 12.8. The molecule has 24 heavy (non-hydrogen) atoms. The Hall–Kier alpha value is -2.11. The average molecular weight is 353 g/mol. The van der Waals surface area contributed by atoms with Gasteiger partial charge in [-0.05, 0) is 43.2 Å². The van der Waals surface area contributed by atoms with E-state index in [-0.39, 0.29) is 30.2 Å². The molecule has 0 bridgehead atoms. The Labute approximate surface area is 147 Å². The van der Waals surface area contributed by atoms with E-state index in [2.05, 4.69) is 5.32 Å². The molecule has 4 nitrogen and oxygen atoms in total. The van der Waals surface area contributed by atoms with Crippen molar-refractivity contribution < 1.29 is 13.9 Å². The van der Waals surface area contributed by atoms with Gasteiger partial charge in [0.05, 0.1) is 12.6 Å². The van der Waals surface area contributed by atoms with Crippen LogP contribution < -0.4 is 15.8 Å². The Morgan fingerprint density at radius 1 is 1.17 bits per heavy atom. The first kappa shape index (κ1) is 19.9. The minimum Gasteiger partial charge on any atom is -0.489 e. The summed E-state index contributed by atoms with van der Waals surface area (Å²) in [5.74, 6) is 0.0235. The number of carbonyl (C=O) groups is 1. The van der Waals surface area contributed by atoms with Crippen molar-refractivity contribution in [1.29, 1.82) is 0 Å². The molecule has 6 heteroatoms. The molecule has 1 unspecified atom stereocenters. The third kappa shape index (κ3) is 6.56. The monoisotopic (exact) mass is 352 g/mol. The molecule has 0 aliphatic rings. The van der Waals surface area contributed by atoms with Crippen LogP contribution in [0.4, 0.5) is 4.39 Å². The maximum atomic E-state index is 12.8. The number of hydrogen-bond donors (Lipinski definition) is 2. The lowest BCUT2D eigenvalue weighted by atomic mass is 10.1. The Morgan fingerprint density at radius 3 is 2.42 bits per heavy atom. The van der Waals surface area contributed by atoms with Crippen LogP contribution in [-0.4, -0.2) is 24.6 Å². The van der Waals surface area contributed by atoms with Gasteiger partial charge in [0.15, 0.2) is 0 Å². The van der Waals surface area contributed by atoms with Gasteiger partial charge < -0.3 is 15.8 Å². The Bertz CT molecular complexity index is 623. The predicted octanol–water partition coefficient (Wildman–Crippen LogP) is 2.70. The van der Waals surface area contributed by atoms with E-state index in [1.807, 2.05) is 37.3 Å². The van der Waals surface area contributed by atoms with Crippen molar-refractivity contribution in [3.05, 3.63) is 66.0 Å². The second-order valence-corrected chi connectivity index (χ2v) is 5.42. The van der Waals surface area contributed by atoms with Gasteiger partial charge >= 0.3 is 0 Å². The molecule has 0 heterocycles. The molecule has 0 saturated carbocycles. The number of nitrogens with one attached hydrogen (secondary N) is 1. The number of rotatable bonds is 7. The first-order chi connectivity index (χ1) is 11.0. The summed E-state index contributed by atoms with van der Waals surface area (Å²) in [5.41, 5.74) is 6.93. The highest BCUT2D eigenvalue weighted by Gasteiger charge is 2.15. The van der Waals surface area contributed by atoms with Gasteiger partial charge in [0.1, 0.15) is 17.7 Å². The van der Waals surface area contributed by atoms with Crippen molar-refractivity contribution in [3.63, 3.8) is 0 Å². The Balaban J connectivity index is 0.00000288. The highest BCUT2D eigenvalue weighted by molar-refractivity contribution is 5.85. The zero-order valence-corrected chi connectivity index (χ0v) is 14.3. The summed E-state index contributed by atoms with van der Waals surface area (Å²) in [6, 6.07) is 14.8. The molecule has 2 atom stereocenters. The lowest BCUT2D eigenvalue weighted by molar-refractivity contribution is -0.122. The first-order valence-electron chi connectivity index (χ1n) is 7.54. The SMILES string of the molecule is CC(CNC(=O)[C@@H](N)Cc1ccccc1)Oc1ccc(F)cc1.Cl. The van der Waals surface area contributed by atoms with E-state index < -0.39 is 6.04 Å². The van der Waals surface area contributed by atoms with Crippen LogP contribution in [0.25, 0.3) is 0 Å². The van der Waals surface area contributed by atoms with Gasteiger partial charge in [-0.2, -0.15) is 0 Å². The lowest BCUT2D eigenvalue weighted by Crippen LogP contribution is -2.45. The maximum Gasteiger partial charge on any atom is 0.237 e.